The molecule has 0 saturated heterocycles. The Morgan fingerprint density at radius 1 is 0.537 bits per heavy atom. The Hall–Kier alpha value is -2.22. The third-order valence-electron chi connectivity index (χ3n) is 9.74. The predicted octanol–water partition coefficient (Wildman–Crippen LogP) is 16.3. The summed E-state index contributed by atoms with van der Waals surface area (Å²) in [7, 11) is 11.0. The van der Waals surface area contributed by atoms with Gasteiger partial charge in [-0.3, -0.25) is 0 Å². The second kappa shape index (κ2) is 20.8. The first kappa shape index (κ1) is 46.2. The van der Waals surface area contributed by atoms with Crippen molar-refractivity contribution in [2.75, 3.05) is 0 Å². The zero-order chi connectivity index (χ0) is 40.4. The Morgan fingerprint density at radius 2 is 0.833 bits per heavy atom. The Balaban J connectivity index is 0.000000254. The first-order valence-corrected chi connectivity index (χ1v) is 27.9. The van der Waals surface area contributed by atoms with Gasteiger partial charge in [-0.25, -0.2) is 0 Å². The SMILES string of the molecule is CCCc1ccc2[cH-]c(C(C)(C)C)cc2c1-c1cc(C)cc(C)c1.CCCc1ccc2[cH-]c(C(C)(C)C)cc2c1-c1cc(C)cc(C)c1.C[Si]C.[Cl][Zr+2][Cl]. The van der Waals surface area contributed by atoms with Crippen LogP contribution in [0.3, 0.4) is 0 Å². The molecule has 0 aliphatic carbocycles. The van der Waals surface area contributed by atoms with Gasteiger partial charge in [0.15, 0.2) is 0 Å². The van der Waals surface area contributed by atoms with E-state index in [1.807, 2.05) is 0 Å². The van der Waals surface area contributed by atoms with E-state index in [-0.39, 0.29) is 10.8 Å². The first-order valence-electron chi connectivity index (χ1n) is 19.6. The Kier molecular flexibility index (Phi) is 17.8. The summed E-state index contributed by atoms with van der Waals surface area (Å²) in [5, 5.41) is 5.56. The minimum absolute atomic E-state index is 0.184. The predicted molar refractivity (Wildman–Crippen MR) is 243 cm³/mol. The maximum absolute atomic E-state index is 4.93. The van der Waals surface area contributed by atoms with Gasteiger partial charge in [0, 0.05) is 9.52 Å². The summed E-state index contributed by atoms with van der Waals surface area (Å²) >= 11 is -0.826. The Morgan fingerprint density at radius 3 is 1.09 bits per heavy atom. The molecule has 0 spiro atoms. The van der Waals surface area contributed by atoms with Crippen LogP contribution in [0.25, 0.3) is 43.8 Å². The Bertz CT molecular complexity index is 1910. The fraction of sp³-hybridized carbons (Fsp3) is 0.400. The van der Waals surface area contributed by atoms with E-state index in [2.05, 4.69) is 181 Å². The van der Waals surface area contributed by atoms with E-state index in [1.54, 1.807) is 0 Å². The van der Waals surface area contributed by atoms with Crippen molar-refractivity contribution in [2.45, 2.75) is 133 Å². The van der Waals surface area contributed by atoms with Gasteiger partial charge < -0.3 is 0 Å². The number of aryl methyl sites for hydroxylation is 6. The number of rotatable bonds is 6. The molecule has 0 aliphatic rings. The summed E-state index contributed by atoms with van der Waals surface area (Å²) in [4.78, 5) is 0. The molecule has 0 fully saturated rings. The maximum atomic E-state index is 4.93. The minimum atomic E-state index is -0.826. The van der Waals surface area contributed by atoms with Crippen LogP contribution in [0.4, 0.5) is 0 Å². The molecule has 54 heavy (non-hydrogen) atoms. The summed E-state index contributed by atoms with van der Waals surface area (Å²) in [6.07, 6.45) is 4.62. The van der Waals surface area contributed by atoms with E-state index in [0.29, 0.717) is 0 Å². The first-order chi connectivity index (χ1) is 25.4. The van der Waals surface area contributed by atoms with Crippen molar-refractivity contribution in [3.63, 3.8) is 0 Å². The number of hydrogen-bond acceptors (Lipinski definition) is 0. The second-order valence-electron chi connectivity index (χ2n) is 17.0. The second-order valence-corrected chi connectivity index (χ2v) is 21.7. The normalized spacial score (nSPS) is 11.3. The van der Waals surface area contributed by atoms with Crippen LogP contribution in [0.2, 0.25) is 13.1 Å². The number of halogens is 2. The monoisotopic (exact) mass is 852 g/mol. The summed E-state index contributed by atoms with van der Waals surface area (Å²) < 4.78 is 0. The third-order valence-corrected chi connectivity index (χ3v) is 9.74. The van der Waals surface area contributed by atoms with E-state index in [1.165, 1.54) is 101 Å². The fourth-order valence-corrected chi connectivity index (χ4v) is 7.39. The summed E-state index contributed by atoms with van der Waals surface area (Å²) in [6, 6.07) is 32.7. The molecular formula is C50H64Cl2SiZr. The molecule has 4 heteroatoms. The van der Waals surface area contributed by atoms with Gasteiger partial charge in [-0.1, -0.05) is 162 Å². The molecule has 0 aliphatic heterocycles. The zero-order valence-corrected chi connectivity index (χ0v) is 40.6. The van der Waals surface area contributed by atoms with Crippen molar-refractivity contribution in [1.29, 1.82) is 0 Å². The van der Waals surface area contributed by atoms with E-state index in [9.17, 15) is 0 Å². The summed E-state index contributed by atoms with van der Waals surface area (Å²) in [6.45, 7) is 31.4. The molecule has 0 aromatic heterocycles. The van der Waals surface area contributed by atoms with Crippen LogP contribution in [-0.2, 0) is 44.5 Å². The summed E-state index contributed by atoms with van der Waals surface area (Å²) in [5.41, 5.74) is 17.1. The van der Waals surface area contributed by atoms with Gasteiger partial charge in [-0.2, -0.15) is 12.1 Å². The van der Waals surface area contributed by atoms with Crippen molar-refractivity contribution in [3.05, 3.63) is 129 Å². The van der Waals surface area contributed by atoms with Crippen LogP contribution in [-0.4, -0.2) is 9.52 Å². The number of benzene rings is 4. The van der Waals surface area contributed by atoms with Crippen LogP contribution in [0.1, 0.15) is 113 Å². The molecule has 0 N–H and O–H groups in total. The van der Waals surface area contributed by atoms with Crippen molar-refractivity contribution in [1.82, 2.24) is 0 Å². The molecule has 6 rings (SSSR count). The van der Waals surface area contributed by atoms with Crippen molar-refractivity contribution >= 4 is 48.1 Å². The van der Waals surface area contributed by atoms with Gasteiger partial charge in [0.05, 0.1) is 0 Å². The van der Waals surface area contributed by atoms with Crippen LogP contribution >= 0.6 is 17.0 Å². The van der Waals surface area contributed by atoms with E-state index < -0.39 is 20.8 Å². The molecule has 0 heterocycles. The van der Waals surface area contributed by atoms with Gasteiger partial charge in [0.1, 0.15) is 0 Å². The van der Waals surface area contributed by atoms with Crippen LogP contribution < -0.4 is 0 Å². The fourth-order valence-electron chi connectivity index (χ4n) is 7.39. The van der Waals surface area contributed by atoms with Gasteiger partial charge in [-0.15, -0.1) is 69.1 Å². The Labute approximate surface area is 350 Å². The van der Waals surface area contributed by atoms with E-state index in [4.69, 9.17) is 17.0 Å². The van der Waals surface area contributed by atoms with Gasteiger partial charge in [0.2, 0.25) is 0 Å². The number of fused-ring (bicyclic) bond motifs is 2. The van der Waals surface area contributed by atoms with E-state index >= 15 is 0 Å². The average Bonchev–Trinajstić information content (AvgIpc) is 3.71. The van der Waals surface area contributed by atoms with Crippen LogP contribution in [0, 0.1) is 27.7 Å². The molecule has 286 valence electrons. The van der Waals surface area contributed by atoms with Crippen molar-refractivity contribution in [2.24, 2.45) is 0 Å². The molecule has 6 aromatic carbocycles. The number of hydrogen-bond donors (Lipinski definition) is 0. The topological polar surface area (TPSA) is 0 Å². The van der Waals surface area contributed by atoms with Gasteiger partial charge in [0.25, 0.3) is 0 Å². The van der Waals surface area contributed by atoms with Crippen molar-refractivity contribution in [3.8, 4) is 22.3 Å². The molecule has 2 radical (unpaired) electrons. The molecule has 0 atom stereocenters. The summed E-state index contributed by atoms with van der Waals surface area (Å²) in [5.74, 6) is 0. The zero-order valence-electron chi connectivity index (χ0n) is 35.7. The molecule has 6 aromatic rings. The van der Waals surface area contributed by atoms with E-state index in [0.717, 1.165) is 22.4 Å². The van der Waals surface area contributed by atoms with Crippen LogP contribution in [0.5, 0.6) is 0 Å². The molecule has 0 amide bonds. The third kappa shape index (κ3) is 12.4. The van der Waals surface area contributed by atoms with Crippen molar-refractivity contribution < 1.29 is 20.8 Å². The molecule has 0 bridgehead atoms. The molecule has 0 saturated carbocycles. The van der Waals surface area contributed by atoms with Gasteiger partial charge in [-0.05, 0) is 62.5 Å². The quantitative estimate of drug-likeness (QED) is 0.116. The molecule has 0 unspecified atom stereocenters. The molecule has 0 nitrogen and oxygen atoms in total. The van der Waals surface area contributed by atoms with Gasteiger partial charge >= 0.3 is 37.9 Å². The average molecular weight is 855 g/mol. The molecular weight excluding hydrogens is 791 g/mol. The standard InChI is InChI=1S/2C24H29.C2H6Si.2ClH.Zr/c2*1-7-8-18-9-10-19-14-21(24(4,5)6)15-22(19)23(18)20-12-16(2)11-17(3)13-20;1-3-2;;;/h2*9-15H,7-8H2,1-6H3;1-2H3;2*1H;/q2*-1;;;;+4/p-2. The van der Waals surface area contributed by atoms with Crippen LogP contribution in [0.15, 0.2) is 84.9 Å².